The van der Waals surface area contributed by atoms with Crippen molar-refractivity contribution in [1.82, 2.24) is 20.1 Å². The lowest BCUT2D eigenvalue weighted by atomic mass is 10.2. The van der Waals surface area contributed by atoms with Crippen molar-refractivity contribution in [3.8, 4) is 0 Å². The molecule has 0 amide bonds. The van der Waals surface area contributed by atoms with Crippen LogP contribution in [0.15, 0.2) is 10.4 Å². The average molecular weight is 519 g/mol. The van der Waals surface area contributed by atoms with Gasteiger partial charge in [0.25, 0.3) is 0 Å². The number of rotatable bonds is 7. The van der Waals surface area contributed by atoms with Gasteiger partial charge in [-0.25, -0.2) is 4.98 Å². The summed E-state index contributed by atoms with van der Waals surface area (Å²) >= 11 is 1.04. The van der Waals surface area contributed by atoms with Gasteiger partial charge in [0.1, 0.15) is 0 Å². The summed E-state index contributed by atoms with van der Waals surface area (Å²) in [5, 5.41) is 4.80. The highest BCUT2D eigenvalue weighted by atomic mass is 127. The fourth-order valence-electron chi connectivity index (χ4n) is 3.20. The van der Waals surface area contributed by atoms with E-state index in [0.717, 1.165) is 48.9 Å². The van der Waals surface area contributed by atoms with Crippen molar-refractivity contribution in [2.24, 2.45) is 4.99 Å². The van der Waals surface area contributed by atoms with Gasteiger partial charge in [0.15, 0.2) is 11.7 Å². The van der Waals surface area contributed by atoms with Gasteiger partial charge in [-0.3, -0.25) is 9.89 Å². The number of hydrogen-bond donors (Lipinski definition) is 1. The third-order valence-corrected chi connectivity index (χ3v) is 5.42. The van der Waals surface area contributed by atoms with Crippen molar-refractivity contribution < 1.29 is 13.2 Å². The molecule has 2 rings (SSSR count). The molecule has 1 aliphatic rings. The zero-order valence-electron chi connectivity index (χ0n) is 16.1. The van der Waals surface area contributed by atoms with Gasteiger partial charge < -0.3 is 10.2 Å². The SMILES string of the molecule is CCNC(=NCCc1nc(C(F)(F)F)cs1)N(C)CC1CCCN1CC.I. The summed E-state index contributed by atoms with van der Waals surface area (Å²) in [5.74, 6) is 0.794. The molecule has 10 heteroatoms. The van der Waals surface area contributed by atoms with Crippen LogP contribution >= 0.6 is 35.3 Å². The fraction of sp³-hybridized carbons (Fsp3) is 0.765. The van der Waals surface area contributed by atoms with Crippen molar-refractivity contribution in [2.45, 2.75) is 45.3 Å². The first kappa shape index (κ1) is 24.4. The first-order chi connectivity index (χ1) is 12.3. The maximum Gasteiger partial charge on any atom is 0.434 e. The van der Waals surface area contributed by atoms with E-state index in [1.165, 1.54) is 12.8 Å². The van der Waals surface area contributed by atoms with E-state index in [1.807, 2.05) is 14.0 Å². The molecule has 1 fully saturated rings. The zero-order chi connectivity index (χ0) is 19.2. The topological polar surface area (TPSA) is 43.8 Å². The van der Waals surface area contributed by atoms with Crippen molar-refractivity contribution in [2.75, 3.05) is 39.8 Å². The smallest absolute Gasteiger partial charge is 0.357 e. The van der Waals surface area contributed by atoms with Gasteiger partial charge in [0.2, 0.25) is 0 Å². The Labute approximate surface area is 180 Å². The van der Waals surface area contributed by atoms with Crippen LogP contribution in [0, 0.1) is 0 Å². The van der Waals surface area contributed by atoms with E-state index >= 15 is 0 Å². The number of aromatic nitrogens is 1. The minimum Gasteiger partial charge on any atom is -0.357 e. The molecule has 0 radical (unpaired) electrons. The molecule has 0 aromatic carbocycles. The third kappa shape index (κ3) is 7.37. The summed E-state index contributed by atoms with van der Waals surface area (Å²) in [6.45, 7) is 8.45. The number of likely N-dealkylation sites (N-methyl/N-ethyl adjacent to an activating group) is 2. The molecule has 27 heavy (non-hydrogen) atoms. The number of thiazole rings is 1. The summed E-state index contributed by atoms with van der Waals surface area (Å²) in [5.41, 5.74) is -0.814. The van der Waals surface area contributed by atoms with Crippen LogP contribution in [0.1, 0.15) is 37.4 Å². The lowest BCUT2D eigenvalue weighted by Gasteiger charge is -2.29. The molecular weight excluding hydrogens is 490 g/mol. The highest BCUT2D eigenvalue weighted by Crippen LogP contribution is 2.30. The second kappa shape index (κ2) is 11.4. The van der Waals surface area contributed by atoms with E-state index in [1.54, 1.807) is 0 Å². The summed E-state index contributed by atoms with van der Waals surface area (Å²) < 4.78 is 37.8. The Morgan fingerprint density at radius 1 is 1.44 bits per heavy atom. The van der Waals surface area contributed by atoms with Crippen LogP contribution in [-0.4, -0.2) is 66.6 Å². The quantitative estimate of drug-likeness (QED) is 0.339. The van der Waals surface area contributed by atoms with Crippen LogP contribution in [0.3, 0.4) is 0 Å². The lowest BCUT2D eigenvalue weighted by molar-refractivity contribution is -0.140. The van der Waals surface area contributed by atoms with Crippen LogP contribution < -0.4 is 5.32 Å². The molecular formula is C17H29F3IN5S. The molecule has 1 aromatic heterocycles. The van der Waals surface area contributed by atoms with Gasteiger partial charge in [0, 0.05) is 44.5 Å². The zero-order valence-corrected chi connectivity index (χ0v) is 19.2. The van der Waals surface area contributed by atoms with Gasteiger partial charge in [-0.1, -0.05) is 6.92 Å². The molecule has 1 aromatic rings. The first-order valence-electron chi connectivity index (χ1n) is 9.10. The minimum atomic E-state index is -4.38. The van der Waals surface area contributed by atoms with Crippen molar-refractivity contribution in [3.05, 3.63) is 16.1 Å². The molecule has 1 atom stereocenters. The van der Waals surface area contributed by atoms with E-state index in [-0.39, 0.29) is 24.0 Å². The van der Waals surface area contributed by atoms with E-state index in [2.05, 4.69) is 32.0 Å². The highest BCUT2D eigenvalue weighted by Gasteiger charge is 2.33. The van der Waals surface area contributed by atoms with E-state index in [0.29, 0.717) is 24.0 Å². The average Bonchev–Trinajstić information content (AvgIpc) is 3.22. The summed E-state index contributed by atoms with van der Waals surface area (Å²) in [4.78, 5) is 12.8. The molecule has 0 aliphatic carbocycles. The maximum absolute atomic E-state index is 12.6. The van der Waals surface area contributed by atoms with Gasteiger partial charge in [-0.05, 0) is 32.9 Å². The van der Waals surface area contributed by atoms with Gasteiger partial charge in [-0.15, -0.1) is 35.3 Å². The molecule has 0 spiro atoms. The summed E-state index contributed by atoms with van der Waals surface area (Å²) in [6.07, 6.45) is -1.55. The Morgan fingerprint density at radius 2 is 2.19 bits per heavy atom. The van der Waals surface area contributed by atoms with Gasteiger partial charge in [-0.2, -0.15) is 13.2 Å². The summed E-state index contributed by atoms with van der Waals surface area (Å²) in [6, 6.07) is 0.530. The third-order valence-electron chi connectivity index (χ3n) is 4.52. The minimum absolute atomic E-state index is 0. The predicted octanol–water partition coefficient (Wildman–Crippen LogP) is 3.70. The Kier molecular flexibility index (Phi) is 10.3. The van der Waals surface area contributed by atoms with E-state index in [9.17, 15) is 13.2 Å². The Hall–Kier alpha value is -0.620. The molecule has 156 valence electrons. The molecule has 1 N–H and O–H groups in total. The Bertz CT molecular complexity index is 593. The number of aliphatic imine (C=N–C) groups is 1. The molecule has 5 nitrogen and oxygen atoms in total. The molecule has 0 saturated carbocycles. The Morgan fingerprint density at radius 3 is 2.78 bits per heavy atom. The maximum atomic E-state index is 12.6. The normalized spacial score (nSPS) is 18.4. The van der Waals surface area contributed by atoms with Crippen LogP contribution in [-0.2, 0) is 12.6 Å². The van der Waals surface area contributed by atoms with Crippen LogP contribution in [0.5, 0.6) is 0 Å². The standard InChI is InChI=1S/C17H28F3N5S.HI/c1-4-21-16(24(3)11-13-7-6-10-25(13)5-2)22-9-8-15-23-14(12-26-15)17(18,19)20;/h12-13H,4-11H2,1-3H3,(H,21,22);1H. The van der Waals surface area contributed by atoms with Crippen molar-refractivity contribution >= 4 is 41.3 Å². The molecule has 2 heterocycles. The fourth-order valence-corrected chi connectivity index (χ4v) is 4.00. The van der Waals surface area contributed by atoms with Gasteiger partial charge in [0.05, 0.1) is 5.01 Å². The monoisotopic (exact) mass is 519 g/mol. The molecule has 1 aliphatic heterocycles. The van der Waals surface area contributed by atoms with Crippen LogP contribution in [0.25, 0.3) is 0 Å². The first-order valence-corrected chi connectivity index (χ1v) is 9.98. The molecule has 0 bridgehead atoms. The van der Waals surface area contributed by atoms with Crippen molar-refractivity contribution in [3.63, 3.8) is 0 Å². The molecule has 1 unspecified atom stereocenters. The van der Waals surface area contributed by atoms with Crippen LogP contribution in [0.4, 0.5) is 13.2 Å². The number of nitrogens with zero attached hydrogens (tertiary/aromatic N) is 4. The van der Waals surface area contributed by atoms with E-state index < -0.39 is 11.9 Å². The van der Waals surface area contributed by atoms with Crippen LogP contribution in [0.2, 0.25) is 0 Å². The number of guanidine groups is 1. The number of nitrogens with one attached hydrogen (secondary N) is 1. The van der Waals surface area contributed by atoms with E-state index in [4.69, 9.17) is 0 Å². The van der Waals surface area contributed by atoms with Gasteiger partial charge >= 0.3 is 6.18 Å². The second-order valence-electron chi connectivity index (χ2n) is 6.42. The number of halogens is 4. The summed E-state index contributed by atoms with van der Waals surface area (Å²) in [7, 11) is 2.01. The number of likely N-dealkylation sites (tertiary alicyclic amines) is 1. The highest BCUT2D eigenvalue weighted by molar-refractivity contribution is 14.0. The molecule has 1 saturated heterocycles. The van der Waals surface area contributed by atoms with Crippen molar-refractivity contribution in [1.29, 1.82) is 0 Å². The number of hydrogen-bond acceptors (Lipinski definition) is 4. The predicted molar refractivity (Wildman–Crippen MR) is 115 cm³/mol. The Balaban J connectivity index is 0.00000364. The largest absolute Gasteiger partial charge is 0.434 e. The second-order valence-corrected chi connectivity index (χ2v) is 7.36. The number of alkyl halides is 3. The lowest BCUT2D eigenvalue weighted by Crippen LogP contribution is -2.46.